The Morgan fingerprint density at radius 3 is 2.24 bits per heavy atom. The molecule has 0 aliphatic heterocycles. The number of aliphatic hydroxyl groups excluding tert-OH is 1. The number of hydrogen-bond donors (Lipinski definition) is 3. The molecule has 0 heterocycles. The summed E-state index contributed by atoms with van der Waals surface area (Å²) in [5.41, 5.74) is 7.35. The highest BCUT2D eigenvalue weighted by molar-refractivity contribution is 5.69. The maximum Gasteiger partial charge on any atom is 0.306 e. The van der Waals surface area contributed by atoms with E-state index in [-0.39, 0.29) is 18.3 Å². The number of carbonyl (C=O) groups is 2. The summed E-state index contributed by atoms with van der Waals surface area (Å²) < 4.78 is 21.8. The van der Waals surface area contributed by atoms with Gasteiger partial charge in [0.1, 0.15) is 0 Å². The fraction of sp³-hybridized carbons (Fsp3) is 0.714. The molecule has 0 bridgehead atoms. The molecule has 9 nitrogen and oxygen atoms in total. The topological polar surface area (TPSA) is 138 Å². The van der Waals surface area contributed by atoms with Gasteiger partial charge in [-0.15, -0.1) is 0 Å². The number of rotatable bonds is 20. The first kappa shape index (κ1) is 32.7. The largest absolute Gasteiger partial charge is 0.490 e. The van der Waals surface area contributed by atoms with Crippen molar-refractivity contribution in [1.29, 1.82) is 0 Å². The third-order valence-electron chi connectivity index (χ3n) is 6.55. The molecule has 1 aromatic carbocycles. The van der Waals surface area contributed by atoms with Crippen LogP contribution >= 0.6 is 0 Å². The first-order valence-electron chi connectivity index (χ1n) is 13.2. The maximum atomic E-state index is 11.3. The Hall–Kier alpha value is -2.36. The highest BCUT2D eigenvalue weighted by atomic mass is 16.5. The standard InChI is InChI=1S/C28H47NO8/c1-19(2)22(18-23(29)24(30)15-20(3)28(32)33)16-21-10-11-25(26(17-21)37-14-8-12-34-4)36-13-7-6-9-27(31)35-5/h10-11,17,19-20,22-24,30H,6-9,12-16,18,29H2,1-5H3,(H,32,33)/t20-,22+,23+,24+/m1/s1. The summed E-state index contributed by atoms with van der Waals surface area (Å²) in [6, 6.07) is 5.39. The molecule has 0 aromatic heterocycles. The van der Waals surface area contributed by atoms with Crippen molar-refractivity contribution >= 4 is 11.9 Å². The van der Waals surface area contributed by atoms with Gasteiger partial charge in [-0.2, -0.15) is 0 Å². The van der Waals surface area contributed by atoms with Crippen LogP contribution in [0.2, 0.25) is 0 Å². The van der Waals surface area contributed by atoms with Crippen LogP contribution in [0, 0.1) is 17.8 Å². The zero-order valence-corrected chi connectivity index (χ0v) is 23.1. The highest BCUT2D eigenvalue weighted by Crippen LogP contribution is 2.32. The third-order valence-corrected chi connectivity index (χ3v) is 6.55. The Morgan fingerprint density at radius 1 is 0.946 bits per heavy atom. The van der Waals surface area contributed by atoms with Gasteiger partial charge in [-0.3, -0.25) is 9.59 Å². The van der Waals surface area contributed by atoms with E-state index < -0.39 is 24.0 Å². The van der Waals surface area contributed by atoms with E-state index in [0.717, 1.165) is 24.8 Å². The van der Waals surface area contributed by atoms with Crippen molar-refractivity contribution in [1.82, 2.24) is 0 Å². The summed E-state index contributed by atoms with van der Waals surface area (Å²) in [7, 11) is 3.03. The molecular weight excluding hydrogens is 478 g/mol. The molecule has 0 saturated heterocycles. The van der Waals surface area contributed by atoms with Gasteiger partial charge in [0.15, 0.2) is 11.5 Å². The van der Waals surface area contributed by atoms with Crippen molar-refractivity contribution < 1.29 is 38.7 Å². The van der Waals surface area contributed by atoms with E-state index in [9.17, 15) is 14.7 Å². The summed E-state index contributed by atoms with van der Waals surface area (Å²) in [5, 5.41) is 19.6. The molecule has 0 radical (unpaired) electrons. The molecule has 0 saturated carbocycles. The highest BCUT2D eigenvalue weighted by Gasteiger charge is 2.26. The van der Waals surface area contributed by atoms with Crippen LogP contribution in [0.5, 0.6) is 11.5 Å². The summed E-state index contributed by atoms with van der Waals surface area (Å²) in [4.78, 5) is 22.4. The Kier molecular flexibility index (Phi) is 15.9. The summed E-state index contributed by atoms with van der Waals surface area (Å²) in [6.45, 7) is 7.37. The number of carboxylic acids is 1. The number of aliphatic hydroxyl groups is 1. The molecule has 0 aliphatic rings. The van der Waals surface area contributed by atoms with Gasteiger partial charge in [-0.1, -0.05) is 26.8 Å². The Bertz CT molecular complexity index is 800. The molecule has 0 amide bonds. The lowest BCUT2D eigenvalue weighted by atomic mass is 9.82. The van der Waals surface area contributed by atoms with Gasteiger partial charge in [-0.25, -0.2) is 0 Å². The lowest BCUT2D eigenvalue weighted by Gasteiger charge is -2.28. The van der Waals surface area contributed by atoms with Crippen molar-refractivity contribution in [2.75, 3.05) is 34.0 Å². The second kappa shape index (κ2) is 18.0. The van der Waals surface area contributed by atoms with Gasteiger partial charge in [0.25, 0.3) is 0 Å². The molecule has 0 spiro atoms. The van der Waals surface area contributed by atoms with Crippen molar-refractivity contribution in [2.24, 2.45) is 23.5 Å². The lowest BCUT2D eigenvalue weighted by Crippen LogP contribution is -2.39. The number of hydrogen-bond acceptors (Lipinski definition) is 8. The normalized spacial score (nSPS) is 14.6. The molecule has 1 rings (SSSR count). The number of methoxy groups -OCH3 is 2. The quantitative estimate of drug-likeness (QED) is 0.171. The van der Waals surface area contributed by atoms with E-state index >= 15 is 0 Å². The van der Waals surface area contributed by atoms with E-state index in [4.69, 9.17) is 25.1 Å². The van der Waals surface area contributed by atoms with Crippen molar-refractivity contribution in [3.05, 3.63) is 23.8 Å². The first-order chi connectivity index (χ1) is 17.6. The van der Waals surface area contributed by atoms with E-state index in [2.05, 4.69) is 18.6 Å². The number of aliphatic carboxylic acids is 1. The van der Waals surface area contributed by atoms with Gasteiger partial charge in [0.05, 0.1) is 32.3 Å². The molecule has 37 heavy (non-hydrogen) atoms. The molecule has 212 valence electrons. The number of carbonyl (C=O) groups excluding carboxylic acids is 1. The third kappa shape index (κ3) is 13.1. The van der Waals surface area contributed by atoms with E-state index in [1.807, 2.05) is 18.2 Å². The zero-order chi connectivity index (χ0) is 27.8. The average Bonchev–Trinajstić information content (AvgIpc) is 2.86. The van der Waals surface area contributed by atoms with Gasteiger partial charge < -0.3 is 34.9 Å². The lowest BCUT2D eigenvalue weighted by molar-refractivity contribution is -0.142. The van der Waals surface area contributed by atoms with Crippen LogP contribution in [-0.2, 0) is 25.5 Å². The van der Waals surface area contributed by atoms with Crippen LogP contribution < -0.4 is 15.2 Å². The monoisotopic (exact) mass is 525 g/mol. The van der Waals surface area contributed by atoms with Gasteiger partial charge in [0.2, 0.25) is 0 Å². The second-order valence-electron chi connectivity index (χ2n) is 10.0. The van der Waals surface area contributed by atoms with Crippen LogP contribution in [-0.4, -0.2) is 68.3 Å². The molecular formula is C28H47NO8. The number of benzene rings is 1. The summed E-state index contributed by atoms with van der Waals surface area (Å²) in [5.74, 6) is -0.00308. The Balaban J connectivity index is 2.86. The van der Waals surface area contributed by atoms with Gasteiger partial charge in [0, 0.05) is 32.6 Å². The smallest absolute Gasteiger partial charge is 0.306 e. The van der Waals surface area contributed by atoms with Gasteiger partial charge >= 0.3 is 11.9 Å². The number of esters is 1. The summed E-state index contributed by atoms with van der Waals surface area (Å²) >= 11 is 0. The van der Waals surface area contributed by atoms with Crippen molar-refractivity contribution in [2.45, 2.75) is 77.9 Å². The Morgan fingerprint density at radius 2 is 1.62 bits per heavy atom. The summed E-state index contributed by atoms with van der Waals surface area (Å²) in [6.07, 6.45) is 3.08. The Labute approximate surface area is 221 Å². The molecule has 1 aromatic rings. The zero-order valence-electron chi connectivity index (χ0n) is 23.1. The minimum Gasteiger partial charge on any atom is -0.490 e. The van der Waals surface area contributed by atoms with Crippen LogP contribution in [0.4, 0.5) is 0 Å². The number of ether oxygens (including phenoxy) is 4. The first-order valence-corrected chi connectivity index (χ1v) is 13.2. The van der Waals surface area contributed by atoms with Crippen LogP contribution in [0.15, 0.2) is 18.2 Å². The molecule has 0 aliphatic carbocycles. The van der Waals surface area contributed by atoms with Gasteiger partial charge in [-0.05, 0) is 61.6 Å². The van der Waals surface area contributed by atoms with Crippen molar-refractivity contribution in [3.8, 4) is 11.5 Å². The van der Waals surface area contributed by atoms with Crippen LogP contribution in [0.25, 0.3) is 0 Å². The van der Waals surface area contributed by atoms with Crippen molar-refractivity contribution in [3.63, 3.8) is 0 Å². The average molecular weight is 526 g/mol. The molecule has 4 N–H and O–H groups in total. The van der Waals surface area contributed by atoms with E-state index in [0.29, 0.717) is 56.5 Å². The van der Waals surface area contributed by atoms with E-state index in [1.54, 1.807) is 14.0 Å². The fourth-order valence-electron chi connectivity index (χ4n) is 3.99. The number of unbranched alkanes of at least 4 members (excludes halogenated alkanes) is 1. The maximum absolute atomic E-state index is 11.3. The molecule has 0 unspecified atom stereocenters. The van der Waals surface area contributed by atoms with E-state index in [1.165, 1.54) is 7.11 Å². The molecule has 0 fully saturated rings. The van der Waals surface area contributed by atoms with Crippen LogP contribution in [0.1, 0.15) is 64.9 Å². The predicted molar refractivity (Wildman–Crippen MR) is 142 cm³/mol. The SMILES string of the molecule is COCCCOc1cc(C[C@@H](C[C@H](N)[C@@H](O)C[C@@H](C)C(=O)O)C(C)C)ccc1OCCCCC(=O)OC. The minimum atomic E-state index is -0.935. The number of carboxylic acid groups (broad SMARTS) is 1. The predicted octanol–water partition coefficient (Wildman–Crippen LogP) is 3.83. The fourth-order valence-corrected chi connectivity index (χ4v) is 3.99. The number of nitrogens with two attached hydrogens (primary N) is 1. The minimum absolute atomic E-state index is 0.131. The van der Waals surface area contributed by atoms with Crippen LogP contribution in [0.3, 0.4) is 0 Å². The molecule has 9 heteroatoms. The molecule has 4 atom stereocenters. The second-order valence-corrected chi connectivity index (χ2v) is 10.0.